The maximum Gasteiger partial charge on any atom is 0.261 e. The van der Waals surface area contributed by atoms with E-state index in [1.807, 2.05) is 13.8 Å². The number of benzene rings is 2. The number of likely N-dealkylation sites (tertiary alicyclic amines) is 1. The lowest BCUT2D eigenvalue weighted by Gasteiger charge is -2.30. The third kappa shape index (κ3) is 5.88. The van der Waals surface area contributed by atoms with Crippen molar-refractivity contribution in [3.8, 4) is 5.75 Å². The molecule has 0 aliphatic carbocycles. The summed E-state index contributed by atoms with van der Waals surface area (Å²) in [6.45, 7) is 7.23. The van der Waals surface area contributed by atoms with Crippen LogP contribution in [0.25, 0.3) is 0 Å². The Balaban J connectivity index is 1.90. The molecule has 2 aromatic rings. The molecule has 0 radical (unpaired) electrons. The molecule has 1 atom stereocenters. The zero-order chi connectivity index (χ0) is 24.9. The molecule has 2 N–H and O–H groups in total. The van der Waals surface area contributed by atoms with Crippen molar-refractivity contribution < 1.29 is 22.7 Å². The molecule has 0 saturated carbocycles. The minimum atomic E-state index is -4.08. The molecule has 1 fully saturated rings. The molecule has 8 nitrogen and oxygen atoms in total. The molecule has 1 aliphatic rings. The van der Waals surface area contributed by atoms with Crippen LogP contribution in [0.15, 0.2) is 47.4 Å². The number of ether oxygens (including phenoxy) is 1. The van der Waals surface area contributed by atoms with E-state index in [1.54, 1.807) is 23.1 Å². The molecular weight excluding hydrogens is 454 g/mol. The summed E-state index contributed by atoms with van der Waals surface area (Å²) >= 11 is 0. The van der Waals surface area contributed by atoms with Crippen molar-refractivity contribution in [2.45, 2.75) is 51.0 Å². The second-order valence-electron chi connectivity index (χ2n) is 8.77. The van der Waals surface area contributed by atoms with Gasteiger partial charge in [0.05, 0.1) is 28.8 Å². The van der Waals surface area contributed by atoms with E-state index in [0.717, 1.165) is 19.3 Å². The summed E-state index contributed by atoms with van der Waals surface area (Å²) in [4.78, 5) is 27.5. The van der Waals surface area contributed by atoms with Crippen LogP contribution in [0.1, 0.15) is 60.7 Å². The van der Waals surface area contributed by atoms with Crippen LogP contribution in [-0.4, -0.2) is 51.4 Å². The van der Waals surface area contributed by atoms with Gasteiger partial charge < -0.3 is 15.0 Å². The van der Waals surface area contributed by atoms with E-state index in [0.29, 0.717) is 24.8 Å². The minimum absolute atomic E-state index is 0.0508. The summed E-state index contributed by atoms with van der Waals surface area (Å²) in [5.74, 6) is 0.252. The number of piperidine rings is 1. The van der Waals surface area contributed by atoms with Gasteiger partial charge >= 0.3 is 0 Å². The zero-order valence-corrected chi connectivity index (χ0v) is 20.9. The van der Waals surface area contributed by atoms with E-state index < -0.39 is 10.0 Å². The molecule has 1 saturated heterocycles. The van der Waals surface area contributed by atoms with Gasteiger partial charge in [0.2, 0.25) is 0 Å². The van der Waals surface area contributed by atoms with Gasteiger partial charge in [0, 0.05) is 19.1 Å². The minimum Gasteiger partial charge on any atom is -0.496 e. The highest BCUT2D eigenvalue weighted by molar-refractivity contribution is 7.92. The first-order valence-electron chi connectivity index (χ1n) is 11.6. The Labute approximate surface area is 201 Å². The molecule has 0 unspecified atom stereocenters. The van der Waals surface area contributed by atoms with Crippen molar-refractivity contribution in [2.24, 2.45) is 5.92 Å². The van der Waals surface area contributed by atoms with Crippen molar-refractivity contribution in [3.63, 3.8) is 0 Å². The molecule has 0 spiro atoms. The SMILES string of the molecule is CC[C@H](C)NC(=O)c1ccccc1NS(=O)(=O)c1ccc(OC)c(C(=O)N2CCC(C)CC2)c1. The molecule has 0 bridgehead atoms. The Bertz CT molecular complexity index is 1140. The lowest BCUT2D eigenvalue weighted by molar-refractivity contribution is 0.0693. The quantitative estimate of drug-likeness (QED) is 0.588. The summed E-state index contributed by atoms with van der Waals surface area (Å²) in [5.41, 5.74) is 0.582. The smallest absolute Gasteiger partial charge is 0.261 e. The topological polar surface area (TPSA) is 105 Å². The average Bonchev–Trinajstić information content (AvgIpc) is 2.83. The van der Waals surface area contributed by atoms with Crippen LogP contribution in [0.2, 0.25) is 0 Å². The fourth-order valence-corrected chi connectivity index (χ4v) is 4.89. The molecule has 1 aliphatic heterocycles. The Kier molecular flexibility index (Phi) is 8.19. The number of nitrogens with one attached hydrogen (secondary N) is 2. The summed E-state index contributed by atoms with van der Waals surface area (Å²) in [6.07, 6.45) is 2.56. The molecule has 0 aromatic heterocycles. The summed E-state index contributed by atoms with van der Waals surface area (Å²) in [6, 6.07) is 10.6. The van der Waals surface area contributed by atoms with Crippen molar-refractivity contribution >= 4 is 27.5 Å². The maximum absolute atomic E-state index is 13.2. The molecule has 1 heterocycles. The second-order valence-corrected chi connectivity index (χ2v) is 10.5. The van der Waals surface area contributed by atoms with E-state index in [9.17, 15) is 18.0 Å². The van der Waals surface area contributed by atoms with Crippen LogP contribution < -0.4 is 14.8 Å². The van der Waals surface area contributed by atoms with Crippen LogP contribution in [0.5, 0.6) is 5.75 Å². The number of hydrogen-bond donors (Lipinski definition) is 2. The molecule has 2 aromatic carbocycles. The number of sulfonamides is 1. The highest BCUT2D eigenvalue weighted by atomic mass is 32.2. The second kappa shape index (κ2) is 10.9. The van der Waals surface area contributed by atoms with Crippen LogP contribution in [0.4, 0.5) is 5.69 Å². The van der Waals surface area contributed by atoms with Gasteiger partial charge in [-0.3, -0.25) is 14.3 Å². The number of hydrogen-bond acceptors (Lipinski definition) is 5. The third-order valence-corrected chi connectivity index (χ3v) is 7.55. The summed E-state index contributed by atoms with van der Waals surface area (Å²) in [7, 11) is -2.63. The fourth-order valence-electron chi connectivity index (χ4n) is 3.78. The van der Waals surface area contributed by atoms with E-state index in [-0.39, 0.29) is 39.6 Å². The first-order chi connectivity index (χ1) is 16.2. The van der Waals surface area contributed by atoms with Crippen LogP contribution in [-0.2, 0) is 10.0 Å². The molecule has 3 rings (SSSR count). The monoisotopic (exact) mass is 487 g/mol. The Morgan fingerprint density at radius 1 is 1.12 bits per heavy atom. The van der Waals surface area contributed by atoms with Crippen molar-refractivity contribution in [1.82, 2.24) is 10.2 Å². The lowest BCUT2D eigenvalue weighted by Crippen LogP contribution is -2.38. The van der Waals surface area contributed by atoms with Gasteiger partial charge in [-0.15, -0.1) is 0 Å². The van der Waals surface area contributed by atoms with E-state index in [2.05, 4.69) is 17.0 Å². The van der Waals surface area contributed by atoms with Crippen molar-refractivity contribution in [3.05, 3.63) is 53.6 Å². The molecular formula is C25H33N3O5S. The molecule has 2 amide bonds. The highest BCUT2D eigenvalue weighted by Crippen LogP contribution is 2.28. The van der Waals surface area contributed by atoms with Crippen molar-refractivity contribution in [1.29, 1.82) is 0 Å². The van der Waals surface area contributed by atoms with Crippen LogP contribution >= 0.6 is 0 Å². The predicted octanol–water partition coefficient (Wildman–Crippen LogP) is 3.90. The molecule has 184 valence electrons. The number of nitrogens with zero attached hydrogens (tertiary/aromatic N) is 1. The maximum atomic E-state index is 13.2. The van der Waals surface area contributed by atoms with E-state index >= 15 is 0 Å². The van der Waals surface area contributed by atoms with Gasteiger partial charge in [-0.2, -0.15) is 0 Å². The summed E-state index contributed by atoms with van der Waals surface area (Å²) < 4.78 is 34.3. The molecule has 9 heteroatoms. The number of carbonyl (C=O) groups excluding carboxylic acids is 2. The average molecular weight is 488 g/mol. The van der Waals surface area contributed by atoms with E-state index in [1.165, 1.54) is 31.4 Å². The largest absolute Gasteiger partial charge is 0.496 e. The van der Waals surface area contributed by atoms with Gasteiger partial charge in [0.15, 0.2) is 0 Å². The number of rotatable bonds is 8. The Morgan fingerprint density at radius 2 is 1.79 bits per heavy atom. The number of amides is 2. The lowest BCUT2D eigenvalue weighted by atomic mass is 9.98. The van der Waals surface area contributed by atoms with Crippen LogP contribution in [0.3, 0.4) is 0 Å². The first kappa shape index (κ1) is 25.6. The standard InChI is InChI=1S/C25H33N3O5S/c1-5-18(3)26-24(29)20-8-6-7-9-22(20)27-34(31,32)19-10-11-23(33-4)21(16-19)25(30)28-14-12-17(2)13-15-28/h6-11,16-18,27H,5,12-15H2,1-4H3,(H,26,29)/t18-/m0/s1. The zero-order valence-electron chi connectivity index (χ0n) is 20.1. The number of carbonyl (C=O) groups is 2. The van der Waals surface area contributed by atoms with Crippen molar-refractivity contribution in [2.75, 3.05) is 24.9 Å². The summed E-state index contributed by atoms with van der Waals surface area (Å²) in [5, 5.41) is 2.85. The molecule has 34 heavy (non-hydrogen) atoms. The van der Waals surface area contributed by atoms with Gasteiger partial charge in [0.25, 0.3) is 21.8 Å². The Hall–Kier alpha value is -3.07. The highest BCUT2D eigenvalue weighted by Gasteiger charge is 2.26. The normalized spacial score (nSPS) is 15.5. The van der Waals surface area contributed by atoms with Gasteiger partial charge in [-0.05, 0) is 62.4 Å². The van der Waals surface area contributed by atoms with Gasteiger partial charge in [-0.25, -0.2) is 8.42 Å². The predicted molar refractivity (Wildman–Crippen MR) is 132 cm³/mol. The van der Waals surface area contributed by atoms with Gasteiger partial charge in [-0.1, -0.05) is 26.0 Å². The third-order valence-electron chi connectivity index (χ3n) is 6.19. The number of para-hydroxylation sites is 1. The fraction of sp³-hybridized carbons (Fsp3) is 0.440. The van der Waals surface area contributed by atoms with E-state index in [4.69, 9.17) is 4.74 Å². The van der Waals surface area contributed by atoms with Crippen LogP contribution in [0, 0.1) is 5.92 Å². The number of anilines is 1. The van der Waals surface area contributed by atoms with Gasteiger partial charge in [0.1, 0.15) is 5.75 Å². The first-order valence-corrected chi connectivity index (χ1v) is 13.0. The Morgan fingerprint density at radius 3 is 2.44 bits per heavy atom. The number of methoxy groups -OCH3 is 1.